The maximum Gasteiger partial charge on any atom is 0.419 e. The molecule has 2 saturated heterocycles. The molecule has 1 aromatic carbocycles. The van der Waals surface area contributed by atoms with Crippen molar-refractivity contribution >= 4 is 17.8 Å². The van der Waals surface area contributed by atoms with Crippen molar-refractivity contribution in [1.82, 2.24) is 14.7 Å². The van der Waals surface area contributed by atoms with Crippen LogP contribution < -0.4 is 0 Å². The molecule has 0 aliphatic carbocycles. The highest BCUT2D eigenvalue weighted by molar-refractivity contribution is 6.05. The lowest BCUT2D eigenvalue weighted by Gasteiger charge is -2.35. The van der Waals surface area contributed by atoms with Crippen LogP contribution >= 0.6 is 0 Å². The van der Waals surface area contributed by atoms with E-state index in [1.165, 1.54) is 9.80 Å². The highest BCUT2D eigenvalue weighted by Crippen LogP contribution is 2.32. The van der Waals surface area contributed by atoms with Crippen LogP contribution in [0, 0.1) is 5.82 Å². The molecule has 2 heterocycles. The molecule has 6 nitrogen and oxygen atoms in total. The van der Waals surface area contributed by atoms with Gasteiger partial charge in [-0.2, -0.15) is 13.2 Å². The van der Waals surface area contributed by atoms with Crippen LogP contribution in [0.15, 0.2) is 18.2 Å². The molecule has 10 heteroatoms. The molecule has 1 atom stereocenters. The molecule has 26 heavy (non-hydrogen) atoms. The van der Waals surface area contributed by atoms with Gasteiger partial charge in [-0.25, -0.2) is 9.18 Å². The fraction of sp³-hybridized carbons (Fsp3) is 0.438. The molecular formula is C16H15F4N3O3. The number of rotatable bonds is 2. The summed E-state index contributed by atoms with van der Waals surface area (Å²) in [5.74, 6) is -2.65. The van der Waals surface area contributed by atoms with Crippen LogP contribution in [0.5, 0.6) is 0 Å². The average molecular weight is 373 g/mol. The fourth-order valence-corrected chi connectivity index (χ4v) is 3.19. The second kappa shape index (κ2) is 6.26. The summed E-state index contributed by atoms with van der Waals surface area (Å²) in [4.78, 5) is 40.5. The van der Waals surface area contributed by atoms with Crippen LogP contribution in [0.1, 0.15) is 22.8 Å². The monoisotopic (exact) mass is 373 g/mol. The number of hydrogen-bond acceptors (Lipinski definition) is 3. The van der Waals surface area contributed by atoms with Gasteiger partial charge >= 0.3 is 12.2 Å². The first-order valence-electron chi connectivity index (χ1n) is 7.93. The number of fused-ring (bicyclic) bond motifs is 1. The summed E-state index contributed by atoms with van der Waals surface area (Å²) in [6, 6.07) is 0.747. The third kappa shape index (κ3) is 2.89. The van der Waals surface area contributed by atoms with Crippen LogP contribution in [0.4, 0.5) is 22.4 Å². The zero-order chi connectivity index (χ0) is 19.2. The Hall–Kier alpha value is -2.65. The molecule has 0 N–H and O–H groups in total. The second-order valence-electron chi connectivity index (χ2n) is 6.02. The Balaban J connectivity index is 1.82. The van der Waals surface area contributed by atoms with Crippen molar-refractivity contribution in [2.75, 3.05) is 26.2 Å². The smallest absolute Gasteiger partial charge is 0.334 e. The third-order valence-electron chi connectivity index (χ3n) is 4.53. The topological polar surface area (TPSA) is 60.9 Å². The van der Waals surface area contributed by atoms with Gasteiger partial charge in [-0.05, 0) is 25.1 Å². The van der Waals surface area contributed by atoms with Crippen LogP contribution in [-0.2, 0) is 11.0 Å². The minimum Gasteiger partial charge on any atom is -0.334 e. The average Bonchev–Trinajstić information content (AvgIpc) is 2.83. The van der Waals surface area contributed by atoms with Crippen molar-refractivity contribution < 1.29 is 31.9 Å². The van der Waals surface area contributed by atoms with Crippen molar-refractivity contribution in [2.45, 2.75) is 19.1 Å². The van der Waals surface area contributed by atoms with Gasteiger partial charge in [0.05, 0.1) is 12.1 Å². The van der Waals surface area contributed by atoms with Crippen molar-refractivity contribution in [2.24, 2.45) is 0 Å². The summed E-state index contributed by atoms with van der Waals surface area (Å²) >= 11 is 0. The van der Waals surface area contributed by atoms with E-state index in [9.17, 15) is 31.9 Å². The predicted octanol–water partition coefficient (Wildman–Crippen LogP) is 1.95. The van der Waals surface area contributed by atoms with Gasteiger partial charge < -0.3 is 9.80 Å². The number of halogens is 4. The van der Waals surface area contributed by atoms with Gasteiger partial charge in [-0.3, -0.25) is 14.5 Å². The van der Waals surface area contributed by atoms with E-state index in [-0.39, 0.29) is 31.7 Å². The SMILES string of the molecule is CCN1C(=O)[C@@H]2CN(C(=O)c3ccc(F)c(C(F)(F)F)c3)CCN2C1=O. The van der Waals surface area contributed by atoms with Crippen LogP contribution in [-0.4, -0.2) is 64.8 Å². The zero-order valence-electron chi connectivity index (χ0n) is 13.7. The predicted molar refractivity (Wildman–Crippen MR) is 80.6 cm³/mol. The summed E-state index contributed by atoms with van der Waals surface area (Å²) in [5.41, 5.74) is -1.84. The molecule has 2 aliphatic heterocycles. The normalized spacial score (nSPS) is 20.7. The van der Waals surface area contributed by atoms with Crippen LogP contribution in [0.2, 0.25) is 0 Å². The number of alkyl halides is 3. The van der Waals surface area contributed by atoms with Gasteiger partial charge in [0.2, 0.25) is 0 Å². The van der Waals surface area contributed by atoms with E-state index in [2.05, 4.69) is 0 Å². The summed E-state index contributed by atoms with van der Waals surface area (Å²) in [6.07, 6.45) is -4.92. The van der Waals surface area contributed by atoms with Crippen molar-refractivity contribution in [3.63, 3.8) is 0 Å². The third-order valence-corrected chi connectivity index (χ3v) is 4.53. The lowest BCUT2D eigenvalue weighted by Crippen LogP contribution is -2.54. The molecule has 0 bridgehead atoms. The minimum atomic E-state index is -4.92. The van der Waals surface area contributed by atoms with Gasteiger partial charge in [0.25, 0.3) is 11.8 Å². The van der Waals surface area contributed by atoms with E-state index in [1.807, 2.05) is 0 Å². The second-order valence-corrected chi connectivity index (χ2v) is 6.02. The van der Waals surface area contributed by atoms with E-state index < -0.39 is 41.4 Å². The number of urea groups is 1. The number of imide groups is 1. The summed E-state index contributed by atoms with van der Waals surface area (Å²) in [5, 5.41) is 0. The molecule has 0 aromatic heterocycles. The highest BCUT2D eigenvalue weighted by atomic mass is 19.4. The van der Waals surface area contributed by atoms with Gasteiger partial charge in [0.15, 0.2) is 0 Å². The van der Waals surface area contributed by atoms with E-state index in [4.69, 9.17) is 0 Å². The quantitative estimate of drug-likeness (QED) is 0.588. The van der Waals surface area contributed by atoms with E-state index in [1.54, 1.807) is 6.92 Å². The number of carbonyl (C=O) groups is 3. The van der Waals surface area contributed by atoms with Crippen LogP contribution in [0.3, 0.4) is 0 Å². The van der Waals surface area contributed by atoms with Crippen molar-refractivity contribution in [1.29, 1.82) is 0 Å². The first-order valence-corrected chi connectivity index (χ1v) is 7.93. The standard InChI is InChI=1S/C16H15F4N3O3/c1-2-22-14(25)12-8-21(5-6-23(12)15(22)26)13(24)9-3-4-11(17)10(7-9)16(18,19)20/h3-4,7,12H,2,5-6,8H2,1H3/t12-/m0/s1. The first-order chi connectivity index (χ1) is 12.1. The molecule has 2 aliphatic rings. The zero-order valence-corrected chi connectivity index (χ0v) is 13.7. The Labute approximate surface area is 145 Å². The molecule has 0 radical (unpaired) electrons. The number of piperazine rings is 1. The summed E-state index contributed by atoms with van der Waals surface area (Å²) in [6.45, 7) is 1.91. The molecule has 2 fully saturated rings. The summed E-state index contributed by atoms with van der Waals surface area (Å²) < 4.78 is 51.9. The lowest BCUT2D eigenvalue weighted by molar-refractivity contribution is -0.140. The Kier molecular flexibility index (Phi) is 4.37. The van der Waals surface area contributed by atoms with Crippen LogP contribution in [0.25, 0.3) is 0 Å². The molecule has 140 valence electrons. The van der Waals surface area contributed by atoms with E-state index in [0.29, 0.717) is 12.1 Å². The Morgan fingerprint density at radius 3 is 2.54 bits per heavy atom. The van der Waals surface area contributed by atoms with E-state index in [0.717, 1.165) is 11.0 Å². The number of benzene rings is 1. The number of hydrogen-bond donors (Lipinski definition) is 0. The first kappa shape index (κ1) is 18.2. The maximum atomic E-state index is 13.4. The van der Waals surface area contributed by atoms with Gasteiger partial charge in [-0.15, -0.1) is 0 Å². The molecule has 0 unspecified atom stereocenters. The molecular weight excluding hydrogens is 358 g/mol. The Morgan fingerprint density at radius 2 is 1.92 bits per heavy atom. The highest BCUT2D eigenvalue weighted by Gasteiger charge is 2.47. The Morgan fingerprint density at radius 1 is 1.23 bits per heavy atom. The molecule has 0 spiro atoms. The minimum absolute atomic E-state index is 0.0740. The molecule has 4 amide bonds. The molecule has 0 saturated carbocycles. The summed E-state index contributed by atoms with van der Waals surface area (Å²) in [7, 11) is 0. The number of carbonyl (C=O) groups excluding carboxylic acids is 3. The van der Waals surface area contributed by atoms with Gasteiger partial charge in [-0.1, -0.05) is 0 Å². The van der Waals surface area contributed by atoms with Gasteiger partial charge in [0, 0.05) is 25.2 Å². The van der Waals surface area contributed by atoms with E-state index >= 15 is 0 Å². The molecule has 3 rings (SSSR count). The number of likely N-dealkylation sites (N-methyl/N-ethyl adjacent to an activating group) is 1. The maximum absolute atomic E-state index is 13.4. The number of amides is 4. The lowest BCUT2D eigenvalue weighted by atomic mass is 10.1. The molecule has 1 aromatic rings. The van der Waals surface area contributed by atoms with Crippen molar-refractivity contribution in [3.05, 3.63) is 35.1 Å². The fourth-order valence-electron chi connectivity index (χ4n) is 3.19. The Bertz CT molecular complexity index is 780. The largest absolute Gasteiger partial charge is 0.419 e. The van der Waals surface area contributed by atoms with Gasteiger partial charge in [0.1, 0.15) is 11.9 Å². The van der Waals surface area contributed by atoms with Crippen molar-refractivity contribution in [3.8, 4) is 0 Å². The number of nitrogens with zero attached hydrogens (tertiary/aromatic N) is 3.